The Morgan fingerprint density at radius 1 is 1.35 bits per heavy atom. The van der Waals surface area contributed by atoms with Crippen molar-refractivity contribution < 1.29 is 23.5 Å². The van der Waals surface area contributed by atoms with E-state index in [0.717, 1.165) is 13.2 Å². The van der Waals surface area contributed by atoms with Gasteiger partial charge in [0.1, 0.15) is 5.56 Å². The molecule has 1 heterocycles. The highest BCUT2D eigenvalue weighted by atomic mass is 19.1. The van der Waals surface area contributed by atoms with Crippen LogP contribution in [0.5, 0.6) is 0 Å². The van der Waals surface area contributed by atoms with E-state index in [1.165, 1.54) is 25.4 Å². The fourth-order valence-electron chi connectivity index (χ4n) is 1.04. The van der Waals surface area contributed by atoms with Crippen molar-refractivity contribution in [2.75, 3.05) is 14.2 Å². The molecule has 1 rings (SSSR count). The van der Waals surface area contributed by atoms with Crippen LogP contribution in [-0.4, -0.2) is 31.1 Å². The molecule has 90 valence electrons. The number of esters is 2. The van der Waals surface area contributed by atoms with E-state index in [4.69, 9.17) is 0 Å². The maximum absolute atomic E-state index is 13.1. The number of pyridine rings is 1. The van der Waals surface area contributed by atoms with Crippen molar-refractivity contribution in [1.29, 1.82) is 0 Å². The fraction of sp³-hybridized carbons (Fsp3) is 0.182. The molecule has 0 radical (unpaired) electrons. The second kappa shape index (κ2) is 5.74. The number of ether oxygens (including phenoxy) is 2. The number of hydrogen-bond donors (Lipinski definition) is 0. The predicted octanol–water partition coefficient (Wildman–Crippen LogP) is 1.19. The summed E-state index contributed by atoms with van der Waals surface area (Å²) in [5.74, 6) is -2.32. The van der Waals surface area contributed by atoms with Crippen molar-refractivity contribution in [1.82, 2.24) is 4.98 Å². The van der Waals surface area contributed by atoms with Crippen LogP contribution in [0.25, 0.3) is 6.08 Å². The van der Waals surface area contributed by atoms with E-state index in [2.05, 4.69) is 14.5 Å². The van der Waals surface area contributed by atoms with Gasteiger partial charge >= 0.3 is 11.9 Å². The van der Waals surface area contributed by atoms with Gasteiger partial charge in [-0.2, -0.15) is 4.39 Å². The summed E-state index contributed by atoms with van der Waals surface area (Å²) in [6.45, 7) is 0. The van der Waals surface area contributed by atoms with Gasteiger partial charge < -0.3 is 9.47 Å². The van der Waals surface area contributed by atoms with Gasteiger partial charge in [0.25, 0.3) is 0 Å². The lowest BCUT2D eigenvalue weighted by Crippen LogP contribution is -2.06. The zero-order valence-corrected chi connectivity index (χ0v) is 9.27. The van der Waals surface area contributed by atoms with Crippen LogP contribution >= 0.6 is 0 Å². The summed E-state index contributed by atoms with van der Waals surface area (Å²) in [4.78, 5) is 25.4. The topological polar surface area (TPSA) is 65.5 Å². The van der Waals surface area contributed by atoms with Crippen LogP contribution in [0.2, 0.25) is 0 Å². The van der Waals surface area contributed by atoms with Crippen LogP contribution in [0.1, 0.15) is 15.9 Å². The average molecular weight is 239 g/mol. The monoisotopic (exact) mass is 239 g/mol. The van der Waals surface area contributed by atoms with Gasteiger partial charge in [-0.05, 0) is 17.7 Å². The molecule has 0 unspecified atom stereocenters. The van der Waals surface area contributed by atoms with Gasteiger partial charge in [-0.1, -0.05) is 0 Å². The van der Waals surface area contributed by atoms with E-state index < -0.39 is 17.9 Å². The highest BCUT2D eigenvalue weighted by Crippen LogP contribution is 2.10. The molecule has 1 aromatic rings. The lowest BCUT2D eigenvalue weighted by atomic mass is 10.2. The maximum atomic E-state index is 13.1. The highest BCUT2D eigenvalue weighted by molar-refractivity contribution is 5.91. The third-order valence-electron chi connectivity index (χ3n) is 1.88. The van der Waals surface area contributed by atoms with Gasteiger partial charge in [-0.15, -0.1) is 0 Å². The van der Waals surface area contributed by atoms with Crippen molar-refractivity contribution in [3.8, 4) is 0 Å². The second-order valence-electron chi connectivity index (χ2n) is 2.96. The van der Waals surface area contributed by atoms with Crippen molar-refractivity contribution >= 4 is 18.0 Å². The van der Waals surface area contributed by atoms with Crippen molar-refractivity contribution in [2.24, 2.45) is 0 Å². The van der Waals surface area contributed by atoms with Crippen molar-refractivity contribution in [3.63, 3.8) is 0 Å². The summed E-state index contributed by atoms with van der Waals surface area (Å²) in [7, 11) is 2.37. The molecule has 0 bridgehead atoms. The normalized spacial score (nSPS) is 10.3. The quantitative estimate of drug-likeness (QED) is 0.450. The Morgan fingerprint density at radius 2 is 2.06 bits per heavy atom. The lowest BCUT2D eigenvalue weighted by Gasteiger charge is -2.01. The number of nitrogens with zero attached hydrogens (tertiary/aromatic N) is 1. The smallest absolute Gasteiger partial charge is 0.342 e. The number of carbonyl (C=O) groups excluding carboxylic acids is 2. The minimum Gasteiger partial charge on any atom is -0.466 e. The van der Waals surface area contributed by atoms with E-state index in [1.807, 2.05) is 0 Å². The number of methoxy groups -OCH3 is 2. The average Bonchev–Trinajstić information content (AvgIpc) is 2.36. The predicted molar refractivity (Wildman–Crippen MR) is 56.6 cm³/mol. The van der Waals surface area contributed by atoms with Crippen LogP contribution in [0.4, 0.5) is 4.39 Å². The number of aromatic nitrogens is 1. The molecule has 1 aromatic heterocycles. The largest absolute Gasteiger partial charge is 0.466 e. The van der Waals surface area contributed by atoms with Crippen molar-refractivity contribution in [3.05, 3.63) is 35.4 Å². The Balaban J connectivity index is 3.00. The Kier molecular flexibility index (Phi) is 4.33. The minimum atomic E-state index is -0.924. The molecule has 0 fully saturated rings. The fourth-order valence-corrected chi connectivity index (χ4v) is 1.04. The van der Waals surface area contributed by atoms with Crippen LogP contribution in [-0.2, 0) is 14.3 Å². The van der Waals surface area contributed by atoms with E-state index >= 15 is 0 Å². The molecular formula is C11H10FNO4. The number of halogens is 1. The molecule has 0 aliphatic rings. The Hall–Kier alpha value is -2.24. The Labute approximate surface area is 96.9 Å². The zero-order valence-electron chi connectivity index (χ0n) is 9.27. The first kappa shape index (κ1) is 12.8. The van der Waals surface area contributed by atoms with E-state index in [0.29, 0.717) is 5.56 Å². The van der Waals surface area contributed by atoms with Gasteiger partial charge in [0.05, 0.1) is 14.2 Å². The summed E-state index contributed by atoms with van der Waals surface area (Å²) in [6, 6.07) is 1.23. The molecule has 0 spiro atoms. The molecule has 0 aromatic carbocycles. The van der Waals surface area contributed by atoms with Crippen LogP contribution in [0, 0.1) is 5.95 Å². The van der Waals surface area contributed by atoms with Crippen LogP contribution < -0.4 is 0 Å². The molecule has 0 aliphatic carbocycles. The van der Waals surface area contributed by atoms with Gasteiger partial charge in [-0.3, -0.25) is 0 Å². The molecular weight excluding hydrogens is 229 g/mol. The SMILES string of the molecule is COC(=O)C=Cc1cnc(F)c(C(=O)OC)c1. The molecule has 0 aliphatic heterocycles. The molecule has 0 amide bonds. The van der Waals surface area contributed by atoms with Crippen molar-refractivity contribution in [2.45, 2.75) is 0 Å². The Bertz CT molecular complexity index is 471. The third kappa shape index (κ3) is 3.37. The third-order valence-corrected chi connectivity index (χ3v) is 1.88. The first-order valence-electron chi connectivity index (χ1n) is 4.58. The number of hydrogen-bond acceptors (Lipinski definition) is 5. The second-order valence-corrected chi connectivity index (χ2v) is 2.96. The first-order valence-corrected chi connectivity index (χ1v) is 4.58. The Morgan fingerprint density at radius 3 is 2.65 bits per heavy atom. The molecule has 17 heavy (non-hydrogen) atoms. The van der Waals surface area contributed by atoms with Gasteiger partial charge in [-0.25, -0.2) is 14.6 Å². The van der Waals surface area contributed by atoms with Gasteiger partial charge in [0.15, 0.2) is 0 Å². The molecule has 6 heteroatoms. The first-order chi connectivity index (χ1) is 8.08. The van der Waals surface area contributed by atoms with E-state index in [-0.39, 0.29) is 5.56 Å². The minimum absolute atomic E-state index is 0.292. The summed E-state index contributed by atoms with van der Waals surface area (Å²) in [5.41, 5.74) is 0.0942. The summed E-state index contributed by atoms with van der Waals surface area (Å²) < 4.78 is 21.9. The molecule has 0 saturated carbocycles. The summed E-state index contributed by atoms with van der Waals surface area (Å²) in [6.07, 6.45) is 3.67. The van der Waals surface area contributed by atoms with E-state index in [9.17, 15) is 14.0 Å². The van der Waals surface area contributed by atoms with Gasteiger partial charge in [0, 0.05) is 12.3 Å². The highest BCUT2D eigenvalue weighted by Gasteiger charge is 2.13. The van der Waals surface area contributed by atoms with Crippen LogP contribution in [0.3, 0.4) is 0 Å². The maximum Gasteiger partial charge on any atom is 0.342 e. The van der Waals surface area contributed by atoms with Crippen LogP contribution in [0.15, 0.2) is 18.3 Å². The zero-order chi connectivity index (χ0) is 12.8. The molecule has 5 nitrogen and oxygen atoms in total. The molecule has 0 atom stereocenters. The van der Waals surface area contributed by atoms with Gasteiger partial charge in [0.2, 0.25) is 5.95 Å². The molecule has 0 N–H and O–H groups in total. The lowest BCUT2D eigenvalue weighted by molar-refractivity contribution is -0.134. The number of rotatable bonds is 3. The standard InChI is InChI=1S/C11H10FNO4/c1-16-9(14)4-3-7-5-8(11(15)17-2)10(12)13-6-7/h3-6H,1-2H3. The molecule has 0 saturated heterocycles. The summed E-state index contributed by atoms with van der Waals surface area (Å²) in [5, 5.41) is 0. The number of carbonyl (C=O) groups is 2. The van der Waals surface area contributed by atoms with E-state index in [1.54, 1.807) is 0 Å². The summed E-state index contributed by atoms with van der Waals surface area (Å²) >= 11 is 0.